The zero-order valence-electron chi connectivity index (χ0n) is 14.6. The fourth-order valence-electron chi connectivity index (χ4n) is 2.80. The van der Waals surface area contributed by atoms with E-state index in [4.69, 9.17) is 11.6 Å². The Bertz CT molecular complexity index is 843. The molecule has 3 rings (SSSR count). The van der Waals surface area contributed by atoms with E-state index in [1.54, 1.807) is 30.3 Å². The van der Waals surface area contributed by atoms with E-state index >= 15 is 0 Å². The van der Waals surface area contributed by atoms with Crippen molar-refractivity contribution >= 4 is 52.0 Å². The first-order valence-corrected chi connectivity index (χ1v) is 9.61. The van der Waals surface area contributed by atoms with E-state index in [9.17, 15) is 9.59 Å². The molecule has 1 fully saturated rings. The van der Waals surface area contributed by atoms with Gasteiger partial charge in [0.25, 0.3) is 11.1 Å². The van der Waals surface area contributed by atoms with Gasteiger partial charge in [0.15, 0.2) is 0 Å². The maximum absolute atomic E-state index is 12.6. The van der Waals surface area contributed by atoms with Gasteiger partial charge in [0.1, 0.15) is 0 Å². The zero-order chi connectivity index (χ0) is 18.7. The van der Waals surface area contributed by atoms with Crippen LogP contribution in [0.25, 0.3) is 6.08 Å². The molecule has 2 aromatic rings. The van der Waals surface area contributed by atoms with Gasteiger partial charge in [0.05, 0.1) is 10.6 Å². The first-order valence-electron chi connectivity index (χ1n) is 8.42. The van der Waals surface area contributed by atoms with Crippen molar-refractivity contribution < 1.29 is 9.59 Å². The zero-order valence-corrected chi connectivity index (χ0v) is 16.2. The van der Waals surface area contributed by atoms with Gasteiger partial charge in [-0.25, -0.2) is 4.90 Å². The highest BCUT2D eigenvalue weighted by Gasteiger charge is 2.36. The Balaban J connectivity index is 1.82. The van der Waals surface area contributed by atoms with Crippen LogP contribution in [0.5, 0.6) is 0 Å². The number of amides is 2. The molecule has 0 bridgehead atoms. The van der Waals surface area contributed by atoms with E-state index in [1.165, 1.54) is 4.90 Å². The van der Waals surface area contributed by atoms with Crippen LogP contribution in [0.1, 0.15) is 19.4 Å². The van der Waals surface area contributed by atoms with Crippen LogP contribution < -0.4 is 9.80 Å². The van der Waals surface area contributed by atoms with Gasteiger partial charge in [-0.05, 0) is 73.6 Å². The van der Waals surface area contributed by atoms with Crippen molar-refractivity contribution in [3.63, 3.8) is 0 Å². The fourth-order valence-corrected chi connectivity index (χ4v) is 3.77. The highest BCUT2D eigenvalue weighted by atomic mass is 35.5. The predicted octanol–water partition coefficient (Wildman–Crippen LogP) is 5.43. The normalized spacial score (nSPS) is 15.8. The molecular weight excluding hydrogens is 368 g/mol. The Morgan fingerprint density at radius 1 is 1.00 bits per heavy atom. The molecule has 1 aliphatic rings. The Kier molecular flexibility index (Phi) is 5.69. The number of anilines is 2. The SMILES string of the molecule is CCN(CC)c1ccc(/C=C2/SC(=O)N(c3ccc(Cl)cc3)C2=O)cc1. The van der Waals surface area contributed by atoms with Crippen molar-refractivity contribution in [2.45, 2.75) is 13.8 Å². The van der Waals surface area contributed by atoms with Gasteiger partial charge in [-0.3, -0.25) is 9.59 Å². The summed E-state index contributed by atoms with van der Waals surface area (Å²) in [6.07, 6.45) is 1.76. The quantitative estimate of drug-likeness (QED) is 0.642. The lowest BCUT2D eigenvalue weighted by atomic mass is 10.1. The summed E-state index contributed by atoms with van der Waals surface area (Å²) in [7, 11) is 0. The van der Waals surface area contributed by atoms with Crippen LogP contribution in [0.15, 0.2) is 53.4 Å². The summed E-state index contributed by atoms with van der Waals surface area (Å²) in [6, 6.07) is 14.6. The average Bonchev–Trinajstić information content (AvgIpc) is 2.92. The molecule has 0 radical (unpaired) electrons. The highest BCUT2D eigenvalue weighted by Crippen LogP contribution is 2.36. The summed E-state index contributed by atoms with van der Waals surface area (Å²) < 4.78 is 0. The maximum atomic E-state index is 12.6. The monoisotopic (exact) mass is 386 g/mol. The molecule has 2 amide bonds. The van der Waals surface area contributed by atoms with Crippen LogP contribution in [0.2, 0.25) is 5.02 Å². The molecule has 1 heterocycles. The molecule has 0 aromatic heterocycles. The number of hydrogen-bond acceptors (Lipinski definition) is 4. The number of rotatable bonds is 5. The van der Waals surface area contributed by atoms with Gasteiger partial charge in [-0.1, -0.05) is 23.7 Å². The number of benzene rings is 2. The molecule has 26 heavy (non-hydrogen) atoms. The molecule has 0 unspecified atom stereocenters. The number of thioether (sulfide) groups is 1. The minimum absolute atomic E-state index is 0.302. The van der Waals surface area contributed by atoms with E-state index in [1.807, 2.05) is 24.3 Å². The molecule has 1 aliphatic heterocycles. The fraction of sp³-hybridized carbons (Fsp3) is 0.200. The Morgan fingerprint density at radius 3 is 2.19 bits per heavy atom. The molecule has 4 nitrogen and oxygen atoms in total. The van der Waals surface area contributed by atoms with Crippen molar-refractivity contribution in [2.75, 3.05) is 22.9 Å². The number of imide groups is 1. The largest absolute Gasteiger partial charge is 0.372 e. The molecule has 0 N–H and O–H groups in total. The van der Waals surface area contributed by atoms with Crippen LogP contribution in [-0.2, 0) is 4.79 Å². The summed E-state index contributed by atoms with van der Waals surface area (Å²) in [4.78, 5) is 28.8. The summed E-state index contributed by atoms with van der Waals surface area (Å²) in [6.45, 7) is 6.11. The predicted molar refractivity (Wildman–Crippen MR) is 110 cm³/mol. The van der Waals surface area contributed by atoms with Crippen molar-refractivity contribution in [2.24, 2.45) is 0 Å². The Hall–Kier alpha value is -2.24. The van der Waals surface area contributed by atoms with Crippen LogP contribution in [0.4, 0.5) is 16.2 Å². The second-order valence-electron chi connectivity index (χ2n) is 5.76. The minimum Gasteiger partial charge on any atom is -0.372 e. The van der Waals surface area contributed by atoms with E-state index < -0.39 is 0 Å². The topological polar surface area (TPSA) is 40.6 Å². The average molecular weight is 387 g/mol. The van der Waals surface area contributed by atoms with Crippen molar-refractivity contribution in [3.05, 3.63) is 64.0 Å². The number of nitrogens with zero attached hydrogens (tertiary/aromatic N) is 2. The third-order valence-corrected chi connectivity index (χ3v) is 5.32. The summed E-state index contributed by atoms with van der Waals surface area (Å²) >= 11 is 6.82. The van der Waals surface area contributed by atoms with Crippen molar-refractivity contribution in [1.29, 1.82) is 0 Å². The van der Waals surface area contributed by atoms with Crippen LogP contribution in [0.3, 0.4) is 0 Å². The molecule has 134 valence electrons. The van der Waals surface area contributed by atoms with E-state index in [-0.39, 0.29) is 11.1 Å². The number of carbonyl (C=O) groups excluding carboxylic acids is 2. The number of carbonyl (C=O) groups is 2. The minimum atomic E-state index is -0.310. The maximum Gasteiger partial charge on any atom is 0.298 e. The van der Waals surface area contributed by atoms with Gasteiger partial charge >= 0.3 is 0 Å². The molecule has 2 aromatic carbocycles. The highest BCUT2D eigenvalue weighted by molar-refractivity contribution is 8.19. The standard InChI is InChI=1S/C20H19ClN2O2S/c1-3-22(4-2)16-9-5-14(6-10-16)13-18-19(24)23(20(25)26-18)17-11-7-15(21)8-12-17/h5-13H,3-4H2,1-2H3/b18-13+. The molecule has 0 aliphatic carbocycles. The number of hydrogen-bond donors (Lipinski definition) is 0. The van der Waals surface area contributed by atoms with E-state index in [0.717, 1.165) is 36.1 Å². The second-order valence-corrected chi connectivity index (χ2v) is 7.19. The van der Waals surface area contributed by atoms with Crippen LogP contribution in [0, 0.1) is 0 Å². The summed E-state index contributed by atoms with van der Waals surface area (Å²) in [5.41, 5.74) is 2.56. The van der Waals surface area contributed by atoms with Gasteiger partial charge in [0, 0.05) is 23.8 Å². The van der Waals surface area contributed by atoms with Crippen LogP contribution in [-0.4, -0.2) is 24.2 Å². The molecule has 6 heteroatoms. The van der Waals surface area contributed by atoms with Gasteiger partial charge in [0.2, 0.25) is 0 Å². The molecule has 0 atom stereocenters. The van der Waals surface area contributed by atoms with Gasteiger partial charge < -0.3 is 4.90 Å². The van der Waals surface area contributed by atoms with E-state index in [0.29, 0.717) is 15.6 Å². The lowest BCUT2D eigenvalue weighted by Crippen LogP contribution is -2.27. The molecule has 0 saturated carbocycles. The molecular formula is C20H19ClN2O2S. The Morgan fingerprint density at radius 2 is 1.62 bits per heavy atom. The third-order valence-electron chi connectivity index (χ3n) is 4.20. The van der Waals surface area contributed by atoms with Crippen LogP contribution >= 0.6 is 23.4 Å². The Labute approximate surface area is 162 Å². The lowest BCUT2D eigenvalue weighted by Gasteiger charge is -2.20. The van der Waals surface area contributed by atoms with Crippen molar-refractivity contribution in [1.82, 2.24) is 0 Å². The van der Waals surface area contributed by atoms with Gasteiger partial charge in [-0.15, -0.1) is 0 Å². The van der Waals surface area contributed by atoms with Gasteiger partial charge in [-0.2, -0.15) is 0 Å². The van der Waals surface area contributed by atoms with Crippen molar-refractivity contribution in [3.8, 4) is 0 Å². The second kappa shape index (κ2) is 7.98. The molecule has 1 saturated heterocycles. The third kappa shape index (κ3) is 3.79. The smallest absolute Gasteiger partial charge is 0.298 e. The first-order chi connectivity index (χ1) is 12.5. The molecule has 0 spiro atoms. The number of halogens is 1. The summed E-state index contributed by atoms with van der Waals surface area (Å²) in [5.74, 6) is -0.310. The first kappa shape index (κ1) is 18.5. The summed E-state index contributed by atoms with van der Waals surface area (Å²) in [5, 5.41) is 0.257. The van der Waals surface area contributed by atoms with E-state index in [2.05, 4.69) is 18.7 Å². The lowest BCUT2D eigenvalue weighted by molar-refractivity contribution is -0.113.